The molecule has 0 aromatic carbocycles. The van der Waals surface area contributed by atoms with Gasteiger partial charge in [-0.15, -0.1) is 0 Å². The molecule has 0 aliphatic rings. The molecular weight excluding hydrogens is 194 g/mol. The standard InChI is InChI=1S/C11H23NO3/c1-9(2)4-6-15-7-5-11(3,8-12)10(13)14/h9H,4-8,12H2,1-3H3,(H,13,14). The Labute approximate surface area is 91.8 Å². The van der Waals surface area contributed by atoms with E-state index in [-0.39, 0.29) is 6.54 Å². The Hall–Kier alpha value is -0.610. The average Bonchev–Trinajstić information content (AvgIpc) is 2.16. The number of nitrogens with two attached hydrogens (primary N) is 1. The number of rotatable bonds is 8. The fourth-order valence-corrected chi connectivity index (χ4v) is 1.01. The molecule has 0 amide bonds. The molecule has 3 N–H and O–H groups in total. The van der Waals surface area contributed by atoms with Crippen molar-refractivity contribution in [2.75, 3.05) is 19.8 Å². The maximum Gasteiger partial charge on any atom is 0.310 e. The van der Waals surface area contributed by atoms with Crippen molar-refractivity contribution in [1.82, 2.24) is 0 Å². The molecule has 0 aromatic heterocycles. The van der Waals surface area contributed by atoms with Crippen LogP contribution in [0.3, 0.4) is 0 Å². The zero-order valence-corrected chi connectivity index (χ0v) is 9.95. The van der Waals surface area contributed by atoms with Crippen molar-refractivity contribution < 1.29 is 14.6 Å². The van der Waals surface area contributed by atoms with Gasteiger partial charge in [0.2, 0.25) is 0 Å². The molecule has 4 nitrogen and oxygen atoms in total. The molecule has 0 aliphatic heterocycles. The van der Waals surface area contributed by atoms with Gasteiger partial charge in [0.05, 0.1) is 5.41 Å². The number of carbonyl (C=O) groups is 1. The third kappa shape index (κ3) is 5.74. The first kappa shape index (κ1) is 14.4. The van der Waals surface area contributed by atoms with Crippen LogP contribution in [0, 0.1) is 11.3 Å². The molecule has 90 valence electrons. The van der Waals surface area contributed by atoms with Crippen molar-refractivity contribution in [3.05, 3.63) is 0 Å². The Morgan fingerprint density at radius 1 is 1.47 bits per heavy atom. The average molecular weight is 217 g/mol. The number of carboxylic acids is 1. The van der Waals surface area contributed by atoms with E-state index in [2.05, 4.69) is 13.8 Å². The molecule has 1 unspecified atom stereocenters. The fraction of sp³-hybridized carbons (Fsp3) is 0.909. The zero-order chi connectivity index (χ0) is 11.9. The van der Waals surface area contributed by atoms with E-state index >= 15 is 0 Å². The van der Waals surface area contributed by atoms with Crippen molar-refractivity contribution in [3.8, 4) is 0 Å². The lowest BCUT2D eigenvalue weighted by Crippen LogP contribution is -2.36. The summed E-state index contributed by atoms with van der Waals surface area (Å²) in [6.07, 6.45) is 1.48. The first-order chi connectivity index (χ1) is 6.92. The van der Waals surface area contributed by atoms with Crippen LogP contribution in [0.15, 0.2) is 0 Å². The normalized spacial score (nSPS) is 15.3. The van der Waals surface area contributed by atoms with Gasteiger partial charge in [0.15, 0.2) is 0 Å². The van der Waals surface area contributed by atoms with Crippen LogP contribution in [-0.2, 0) is 9.53 Å². The summed E-state index contributed by atoms with van der Waals surface area (Å²) >= 11 is 0. The van der Waals surface area contributed by atoms with E-state index in [1.54, 1.807) is 6.92 Å². The summed E-state index contributed by atoms with van der Waals surface area (Å²) in [7, 11) is 0. The molecule has 0 rings (SSSR count). The van der Waals surface area contributed by atoms with Gasteiger partial charge in [0.25, 0.3) is 0 Å². The minimum Gasteiger partial charge on any atom is -0.481 e. The van der Waals surface area contributed by atoms with Crippen molar-refractivity contribution >= 4 is 5.97 Å². The summed E-state index contributed by atoms with van der Waals surface area (Å²) in [6, 6.07) is 0. The molecule has 0 aliphatic carbocycles. The van der Waals surface area contributed by atoms with Crippen LogP contribution in [0.1, 0.15) is 33.6 Å². The molecule has 0 saturated heterocycles. The molecule has 0 radical (unpaired) electrons. The molecule has 0 bridgehead atoms. The monoisotopic (exact) mass is 217 g/mol. The summed E-state index contributed by atoms with van der Waals surface area (Å²) in [6.45, 7) is 7.22. The van der Waals surface area contributed by atoms with Gasteiger partial charge in [-0.05, 0) is 25.7 Å². The van der Waals surface area contributed by atoms with E-state index in [0.29, 0.717) is 25.6 Å². The van der Waals surface area contributed by atoms with Crippen LogP contribution in [0.4, 0.5) is 0 Å². The SMILES string of the molecule is CC(C)CCOCCC(C)(CN)C(=O)O. The molecule has 15 heavy (non-hydrogen) atoms. The summed E-state index contributed by atoms with van der Waals surface area (Å²) in [5.41, 5.74) is 4.59. The highest BCUT2D eigenvalue weighted by Crippen LogP contribution is 2.19. The number of carboxylic acid groups (broad SMARTS) is 1. The third-order valence-corrected chi connectivity index (χ3v) is 2.60. The largest absolute Gasteiger partial charge is 0.481 e. The predicted octanol–water partition coefficient (Wildman–Crippen LogP) is 1.49. The first-order valence-electron chi connectivity index (χ1n) is 5.43. The van der Waals surface area contributed by atoms with Crippen LogP contribution in [0.2, 0.25) is 0 Å². The van der Waals surface area contributed by atoms with Crippen molar-refractivity contribution in [2.24, 2.45) is 17.1 Å². The summed E-state index contributed by atoms with van der Waals surface area (Å²) in [5, 5.41) is 8.94. The van der Waals surface area contributed by atoms with Gasteiger partial charge in [-0.2, -0.15) is 0 Å². The highest BCUT2D eigenvalue weighted by atomic mass is 16.5. The minimum atomic E-state index is -0.850. The molecule has 0 heterocycles. The second kappa shape index (κ2) is 6.80. The Morgan fingerprint density at radius 2 is 2.07 bits per heavy atom. The van der Waals surface area contributed by atoms with Crippen LogP contribution in [0.25, 0.3) is 0 Å². The third-order valence-electron chi connectivity index (χ3n) is 2.60. The van der Waals surface area contributed by atoms with Gasteiger partial charge in [-0.25, -0.2) is 0 Å². The predicted molar refractivity (Wildman–Crippen MR) is 59.7 cm³/mol. The second-order valence-electron chi connectivity index (χ2n) is 4.61. The second-order valence-corrected chi connectivity index (χ2v) is 4.61. The topological polar surface area (TPSA) is 72.5 Å². The molecule has 4 heteroatoms. The summed E-state index contributed by atoms with van der Waals surface area (Å²) in [4.78, 5) is 10.9. The molecule has 0 aromatic rings. The minimum absolute atomic E-state index is 0.149. The van der Waals surface area contributed by atoms with E-state index in [1.165, 1.54) is 0 Å². The van der Waals surface area contributed by atoms with E-state index < -0.39 is 11.4 Å². The number of ether oxygens (including phenoxy) is 1. The van der Waals surface area contributed by atoms with Crippen LogP contribution < -0.4 is 5.73 Å². The van der Waals surface area contributed by atoms with Crippen molar-refractivity contribution in [2.45, 2.75) is 33.6 Å². The van der Waals surface area contributed by atoms with Crippen LogP contribution in [-0.4, -0.2) is 30.8 Å². The quantitative estimate of drug-likeness (QED) is 0.604. The van der Waals surface area contributed by atoms with Crippen LogP contribution >= 0.6 is 0 Å². The highest BCUT2D eigenvalue weighted by molar-refractivity contribution is 5.74. The first-order valence-corrected chi connectivity index (χ1v) is 5.43. The van der Waals surface area contributed by atoms with Gasteiger partial charge in [0.1, 0.15) is 0 Å². The lowest BCUT2D eigenvalue weighted by Gasteiger charge is -2.22. The van der Waals surface area contributed by atoms with Crippen molar-refractivity contribution in [3.63, 3.8) is 0 Å². The smallest absolute Gasteiger partial charge is 0.310 e. The molecule has 0 spiro atoms. The van der Waals surface area contributed by atoms with E-state index in [1.807, 2.05) is 0 Å². The maximum atomic E-state index is 10.9. The van der Waals surface area contributed by atoms with Crippen molar-refractivity contribution in [1.29, 1.82) is 0 Å². The number of hydrogen-bond acceptors (Lipinski definition) is 3. The highest BCUT2D eigenvalue weighted by Gasteiger charge is 2.30. The Bertz CT molecular complexity index is 194. The van der Waals surface area contributed by atoms with Crippen LogP contribution in [0.5, 0.6) is 0 Å². The summed E-state index contributed by atoms with van der Waals surface area (Å²) in [5.74, 6) is -0.233. The fourth-order valence-electron chi connectivity index (χ4n) is 1.01. The zero-order valence-electron chi connectivity index (χ0n) is 9.95. The van der Waals surface area contributed by atoms with Gasteiger partial charge in [-0.3, -0.25) is 4.79 Å². The number of hydrogen-bond donors (Lipinski definition) is 2. The number of aliphatic carboxylic acids is 1. The molecule has 1 atom stereocenters. The molecule has 0 saturated carbocycles. The lowest BCUT2D eigenvalue weighted by atomic mass is 9.87. The van der Waals surface area contributed by atoms with Gasteiger partial charge < -0.3 is 15.6 Å². The van der Waals surface area contributed by atoms with E-state index in [4.69, 9.17) is 15.6 Å². The Kier molecular flexibility index (Phi) is 6.52. The van der Waals surface area contributed by atoms with E-state index in [9.17, 15) is 4.79 Å². The van der Waals surface area contributed by atoms with E-state index in [0.717, 1.165) is 6.42 Å². The lowest BCUT2D eigenvalue weighted by molar-refractivity contribution is -0.148. The summed E-state index contributed by atoms with van der Waals surface area (Å²) < 4.78 is 5.37. The Balaban J connectivity index is 3.69. The van der Waals surface area contributed by atoms with Gasteiger partial charge in [-0.1, -0.05) is 13.8 Å². The van der Waals surface area contributed by atoms with Gasteiger partial charge in [0, 0.05) is 19.8 Å². The molecular formula is C11H23NO3. The Morgan fingerprint density at radius 3 is 2.47 bits per heavy atom. The molecule has 0 fully saturated rings. The maximum absolute atomic E-state index is 10.9. The van der Waals surface area contributed by atoms with Gasteiger partial charge >= 0.3 is 5.97 Å².